The van der Waals surface area contributed by atoms with Crippen LogP contribution in [0.2, 0.25) is 10.0 Å². The predicted octanol–water partition coefficient (Wildman–Crippen LogP) is 2.70. The fourth-order valence-corrected chi connectivity index (χ4v) is 4.59. The molecule has 0 amide bonds. The third-order valence-electron chi connectivity index (χ3n) is 5.40. The first-order valence-electron chi connectivity index (χ1n) is 8.20. The molecule has 0 aromatic heterocycles. The lowest BCUT2D eigenvalue weighted by Crippen LogP contribution is -3.05. The van der Waals surface area contributed by atoms with Crippen molar-refractivity contribution in [3.8, 4) is 18.2 Å². The molecule has 0 saturated heterocycles. The number of benzene rings is 1. The maximum Gasteiger partial charge on any atom is 0.189 e. The number of hydrogen-bond donors (Lipinski definition) is 2. The van der Waals surface area contributed by atoms with Crippen LogP contribution < -0.4 is 4.90 Å². The molecule has 1 aromatic rings. The topological polar surface area (TPSA) is 99.7 Å². The zero-order valence-electron chi connectivity index (χ0n) is 14.1. The molecule has 0 bridgehead atoms. The summed E-state index contributed by atoms with van der Waals surface area (Å²) in [6, 6.07) is 11.4. The van der Waals surface area contributed by atoms with Gasteiger partial charge in [-0.2, -0.15) is 15.8 Å². The summed E-state index contributed by atoms with van der Waals surface area (Å²) in [5.41, 5.74) is -0.548. The van der Waals surface area contributed by atoms with Gasteiger partial charge in [-0.3, -0.25) is 0 Å². The third-order valence-corrected chi connectivity index (χ3v) is 6.24. The number of fused-ring (bicyclic) bond motifs is 1. The zero-order valence-corrected chi connectivity index (χ0v) is 15.6. The predicted molar refractivity (Wildman–Crippen MR) is 97.6 cm³/mol. The molecule has 1 aromatic carbocycles. The summed E-state index contributed by atoms with van der Waals surface area (Å²) in [6.45, 7) is 0.807. The Labute approximate surface area is 162 Å². The van der Waals surface area contributed by atoms with Crippen molar-refractivity contribution in [1.29, 1.82) is 21.2 Å². The highest BCUT2D eigenvalue weighted by Crippen LogP contribution is 2.55. The lowest BCUT2D eigenvalue weighted by Gasteiger charge is -2.45. The van der Waals surface area contributed by atoms with Crippen molar-refractivity contribution in [2.45, 2.75) is 12.3 Å². The second-order valence-corrected chi connectivity index (χ2v) is 7.55. The molecule has 26 heavy (non-hydrogen) atoms. The van der Waals surface area contributed by atoms with E-state index in [0.717, 1.165) is 17.0 Å². The van der Waals surface area contributed by atoms with E-state index in [2.05, 4.69) is 6.07 Å². The van der Waals surface area contributed by atoms with E-state index in [1.54, 1.807) is 18.2 Å². The fourth-order valence-electron chi connectivity index (χ4n) is 4.17. The zero-order chi connectivity index (χ0) is 19.1. The van der Waals surface area contributed by atoms with Crippen molar-refractivity contribution >= 4 is 28.9 Å². The summed E-state index contributed by atoms with van der Waals surface area (Å²) in [5.74, 6) is -1.73. The molecule has 2 aliphatic rings. The van der Waals surface area contributed by atoms with Crippen LogP contribution in [0.5, 0.6) is 0 Å². The molecule has 3 rings (SSSR count). The van der Waals surface area contributed by atoms with Crippen molar-refractivity contribution in [2.75, 3.05) is 13.6 Å². The van der Waals surface area contributed by atoms with Gasteiger partial charge in [-0.05, 0) is 11.6 Å². The van der Waals surface area contributed by atoms with E-state index in [1.165, 1.54) is 0 Å². The second kappa shape index (κ2) is 6.75. The van der Waals surface area contributed by atoms with E-state index in [-0.39, 0.29) is 11.6 Å². The van der Waals surface area contributed by atoms with E-state index < -0.39 is 17.3 Å². The van der Waals surface area contributed by atoms with Gasteiger partial charge in [0.05, 0.1) is 53.8 Å². The number of quaternary nitrogens is 1. The van der Waals surface area contributed by atoms with E-state index in [4.69, 9.17) is 28.6 Å². The summed E-state index contributed by atoms with van der Waals surface area (Å²) in [5, 5.41) is 38.7. The molecular weight excluding hydrogens is 369 g/mol. The first-order chi connectivity index (χ1) is 12.4. The first kappa shape index (κ1) is 18.4. The molecule has 1 aliphatic carbocycles. The molecule has 2 unspecified atom stereocenters. The van der Waals surface area contributed by atoms with Crippen LogP contribution in [0.15, 0.2) is 30.0 Å². The lowest BCUT2D eigenvalue weighted by molar-refractivity contribution is -0.828. The van der Waals surface area contributed by atoms with Crippen LogP contribution in [0, 0.1) is 56.7 Å². The molecule has 7 heteroatoms. The Morgan fingerprint density at radius 2 is 1.92 bits per heavy atom. The minimum Gasteiger partial charge on any atom is -0.311 e. The van der Waals surface area contributed by atoms with Crippen molar-refractivity contribution in [1.82, 2.24) is 0 Å². The summed E-state index contributed by atoms with van der Waals surface area (Å²) >= 11 is 12.6. The Hall–Kier alpha value is -2.36. The van der Waals surface area contributed by atoms with Crippen LogP contribution >= 0.6 is 23.2 Å². The minimum absolute atomic E-state index is 0.178. The van der Waals surface area contributed by atoms with Crippen LogP contribution in [0.25, 0.3) is 0 Å². The molecule has 4 atom stereocenters. The van der Waals surface area contributed by atoms with Gasteiger partial charge < -0.3 is 10.3 Å². The van der Waals surface area contributed by atoms with Crippen molar-refractivity contribution in [3.05, 3.63) is 45.6 Å². The van der Waals surface area contributed by atoms with Crippen LogP contribution in [-0.2, 0) is 0 Å². The highest BCUT2D eigenvalue weighted by atomic mass is 35.5. The van der Waals surface area contributed by atoms with Gasteiger partial charge in [-0.25, -0.2) is 0 Å². The average molecular weight is 385 g/mol. The Morgan fingerprint density at radius 1 is 1.23 bits per heavy atom. The van der Waals surface area contributed by atoms with Gasteiger partial charge in [0.25, 0.3) is 0 Å². The van der Waals surface area contributed by atoms with Gasteiger partial charge in [-0.15, -0.1) is 0 Å². The quantitative estimate of drug-likeness (QED) is 0.777. The Kier molecular flexibility index (Phi) is 4.78. The molecule has 1 fully saturated rings. The van der Waals surface area contributed by atoms with Gasteiger partial charge in [0.2, 0.25) is 0 Å². The van der Waals surface area contributed by atoms with Gasteiger partial charge in [0.15, 0.2) is 5.41 Å². The smallest absolute Gasteiger partial charge is 0.189 e. The third kappa shape index (κ3) is 2.51. The number of rotatable bonds is 1. The molecule has 1 aliphatic heterocycles. The molecule has 0 radical (unpaired) electrons. The Morgan fingerprint density at radius 3 is 2.54 bits per heavy atom. The number of hydrogen-bond acceptors (Lipinski definition) is 4. The standard InChI is InChI=1S/C19H15Cl2N5/c1-26-6-5-11-14(8-26)13(7-22)18(25)19(9-23,10-24)16(11)12-3-2-4-15(20)17(12)21/h2-4,8,11,13,16,25H,5-6H2,1H3/p+1/t11-,13?,16-/m1/s1. The van der Waals surface area contributed by atoms with Crippen molar-refractivity contribution in [3.63, 3.8) is 0 Å². The lowest BCUT2D eigenvalue weighted by atomic mass is 9.54. The van der Waals surface area contributed by atoms with Crippen LogP contribution in [0.3, 0.4) is 0 Å². The van der Waals surface area contributed by atoms with Gasteiger partial charge in [0.1, 0.15) is 5.92 Å². The number of halogens is 2. The number of nitrogens with zero attached hydrogens (tertiary/aromatic N) is 3. The second-order valence-electron chi connectivity index (χ2n) is 6.76. The largest absolute Gasteiger partial charge is 0.311 e. The average Bonchev–Trinajstić information content (AvgIpc) is 2.64. The van der Waals surface area contributed by atoms with E-state index in [0.29, 0.717) is 22.0 Å². The molecule has 1 heterocycles. The monoisotopic (exact) mass is 384 g/mol. The van der Waals surface area contributed by atoms with Crippen LogP contribution in [-0.4, -0.2) is 19.3 Å². The highest BCUT2D eigenvalue weighted by molar-refractivity contribution is 6.42. The maximum absolute atomic E-state index is 9.94. The molecule has 1 saturated carbocycles. The Balaban J connectivity index is 2.32. The highest BCUT2D eigenvalue weighted by Gasteiger charge is 2.58. The molecule has 2 N–H and O–H groups in total. The van der Waals surface area contributed by atoms with Crippen molar-refractivity contribution in [2.24, 2.45) is 17.3 Å². The molecule has 5 nitrogen and oxygen atoms in total. The Bertz CT molecular complexity index is 917. The van der Waals surface area contributed by atoms with Crippen LogP contribution in [0.4, 0.5) is 0 Å². The molecule has 0 spiro atoms. The molecular formula is C19H16Cl2N5+. The van der Waals surface area contributed by atoms with Crippen LogP contribution in [0.1, 0.15) is 17.9 Å². The van der Waals surface area contributed by atoms with E-state index in [9.17, 15) is 15.8 Å². The molecule has 130 valence electrons. The van der Waals surface area contributed by atoms with Gasteiger partial charge in [-0.1, -0.05) is 35.3 Å². The summed E-state index contributed by atoms with van der Waals surface area (Å²) in [7, 11) is 1.99. The van der Waals surface area contributed by atoms with Crippen molar-refractivity contribution < 1.29 is 4.90 Å². The van der Waals surface area contributed by atoms with Gasteiger partial charge >= 0.3 is 0 Å². The van der Waals surface area contributed by atoms with E-state index >= 15 is 0 Å². The normalized spacial score (nSPS) is 29.5. The number of nitriles is 3. The number of allylic oxidation sites excluding steroid dienone is 1. The summed E-state index contributed by atoms with van der Waals surface area (Å²) in [6.07, 6.45) is 2.64. The fraction of sp³-hybridized carbons (Fsp3) is 0.368. The van der Waals surface area contributed by atoms with Gasteiger partial charge in [0, 0.05) is 23.8 Å². The summed E-state index contributed by atoms with van der Waals surface area (Å²) < 4.78 is 0. The minimum atomic E-state index is -1.75. The first-order valence-corrected chi connectivity index (χ1v) is 8.95. The number of nitrogens with one attached hydrogen (secondary N) is 2. The SMILES string of the molecule is C[NH+]1C=C2C(C#N)C(=N)C(C#N)(C#N)[C@@H](c3cccc(Cl)c3Cl)[C@@H]2CC1. The summed E-state index contributed by atoms with van der Waals surface area (Å²) in [4.78, 5) is 1.13. The maximum atomic E-state index is 9.94. The van der Waals surface area contributed by atoms with E-state index in [1.807, 2.05) is 25.4 Å².